The first-order valence-electron chi connectivity index (χ1n) is 9.95. The third-order valence-electron chi connectivity index (χ3n) is 5.15. The largest absolute Gasteiger partial charge is 0.382 e. The molecule has 0 radical (unpaired) electrons. The summed E-state index contributed by atoms with van der Waals surface area (Å²) >= 11 is 5.85. The van der Waals surface area contributed by atoms with Crippen molar-refractivity contribution in [2.24, 2.45) is 10.7 Å². The number of anilines is 1. The SMILES string of the molecule is C=C1C(CNC=O)=C(n2c(C)ccc(NS(=O)(=O)Cc3ccc(Cl)cc3)c2=O)C(N)=NC1C. The van der Waals surface area contributed by atoms with Gasteiger partial charge in [0.1, 0.15) is 11.5 Å². The number of amides is 1. The third kappa shape index (κ3) is 5.35. The van der Waals surface area contributed by atoms with E-state index in [0.29, 0.717) is 33.8 Å². The van der Waals surface area contributed by atoms with Crippen LogP contribution in [0.5, 0.6) is 0 Å². The standard InChI is InChI=1S/C22H24ClN5O4S/c1-13-4-9-19(27-33(31,32)11-16-5-7-17(23)8-6-16)22(30)28(13)20-18(10-25-12-29)14(2)15(3)26-21(20)24/h4-9,12,15,27H,2,10-11H2,1,3H3,(H2,24,26)(H,25,29). The fourth-order valence-corrected chi connectivity index (χ4v) is 4.81. The number of amidine groups is 1. The molecule has 1 amide bonds. The lowest BCUT2D eigenvalue weighted by atomic mass is 9.95. The summed E-state index contributed by atoms with van der Waals surface area (Å²) in [5.74, 6) is -0.254. The third-order valence-corrected chi connectivity index (χ3v) is 6.65. The van der Waals surface area contributed by atoms with Gasteiger partial charge in [0, 0.05) is 22.8 Å². The summed E-state index contributed by atoms with van der Waals surface area (Å²) < 4.78 is 29.1. The summed E-state index contributed by atoms with van der Waals surface area (Å²) in [5, 5.41) is 3.05. The molecule has 9 nitrogen and oxygen atoms in total. The van der Waals surface area contributed by atoms with E-state index in [9.17, 15) is 18.0 Å². The number of pyridine rings is 1. The molecule has 2 aromatic rings. The Balaban J connectivity index is 2.06. The summed E-state index contributed by atoms with van der Waals surface area (Å²) in [6.45, 7) is 7.58. The van der Waals surface area contributed by atoms with Crippen LogP contribution in [0.1, 0.15) is 18.2 Å². The Morgan fingerprint density at radius 2 is 1.91 bits per heavy atom. The molecule has 0 spiro atoms. The average Bonchev–Trinajstić information content (AvgIpc) is 2.74. The molecule has 0 fully saturated rings. The van der Waals surface area contributed by atoms with Gasteiger partial charge in [0.25, 0.3) is 5.56 Å². The fourth-order valence-electron chi connectivity index (χ4n) is 3.49. The number of carbonyl (C=O) groups excluding carboxylic acids is 1. The van der Waals surface area contributed by atoms with Crippen LogP contribution in [0.4, 0.5) is 5.69 Å². The van der Waals surface area contributed by atoms with Crippen molar-refractivity contribution in [3.8, 4) is 0 Å². The molecule has 0 saturated heterocycles. The topological polar surface area (TPSA) is 136 Å². The summed E-state index contributed by atoms with van der Waals surface area (Å²) in [6, 6.07) is 9.01. The van der Waals surface area contributed by atoms with Crippen LogP contribution in [0.15, 0.2) is 63.9 Å². The number of nitrogens with zero attached hydrogens (tertiary/aromatic N) is 2. The van der Waals surface area contributed by atoms with E-state index >= 15 is 0 Å². The maximum absolute atomic E-state index is 13.4. The molecule has 1 aromatic carbocycles. The van der Waals surface area contributed by atoms with E-state index in [1.807, 2.05) is 0 Å². The number of hydrogen-bond donors (Lipinski definition) is 3. The number of benzene rings is 1. The lowest BCUT2D eigenvalue weighted by molar-refractivity contribution is -0.109. The zero-order chi connectivity index (χ0) is 24.3. The van der Waals surface area contributed by atoms with E-state index in [1.54, 1.807) is 44.2 Å². The van der Waals surface area contributed by atoms with Gasteiger partial charge in [0.05, 0.1) is 17.5 Å². The minimum atomic E-state index is -3.90. The minimum Gasteiger partial charge on any atom is -0.382 e. The van der Waals surface area contributed by atoms with Gasteiger partial charge in [-0.15, -0.1) is 0 Å². The average molecular weight is 490 g/mol. The number of aromatic nitrogens is 1. The second-order valence-electron chi connectivity index (χ2n) is 7.56. The fraction of sp³-hybridized carbons (Fsp3) is 0.227. The van der Waals surface area contributed by atoms with Crippen LogP contribution in [0, 0.1) is 6.92 Å². The van der Waals surface area contributed by atoms with Crippen LogP contribution in [0.3, 0.4) is 0 Å². The number of rotatable bonds is 8. The van der Waals surface area contributed by atoms with Crippen molar-refractivity contribution in [1.82, 2.24) is 9.88 Å². The predicted octanol–water partition coefficient (Wildman–Crippen LogP) is 2.02. The van der Waals surface area contributed by atoms with Crippen LogP contribution < -0.4 is 21.3 Å². The molecule has 1 aromatic heterocycles. The van der Waals surface area contributed by atoms with Crippen molar-refractivity contribution in [2.75, 3.05) is 11.3 Å². The van der Waals surface area contributed by atoms with Crippen LogP contribution >= 0.6 is 11.6 Å². The Hall–Kier alpha value is -3.37. The summed E-state index contributed by atoms with van der Waals surface area (Å²) in [6.07, 6.45) is 0.529. The monoisotopic (exact) mass is 489 g/mol. The Labute approximate surface area is 196 Å². The van der Waals surface area contributed by atoms with E-state index in [-0.39, 0.29) is 35.6 Å². The van der Waals surface area contributed by atoms with E-state index < -0.39 is 15.6 Å². The lowest BCUT2D eigenvalue weighted by Crippen LogP contribution is -2.37. The van der Waals surface area contributed by atoms with Gasteiger partial charge in [0.2, 0.25) is 16.4 Å². The number of hydrogen-bond acceptors (Lipinski definition) is 6. The normalized spacial score (nSPS) is 16.4. The maximum Gasteiger partial charge on any atom is 0.279 e. The molecule has 0 bridgehead atoms. The van der Waals surface area contributed by atoms with Gasteiger partial charge >= 0.3 is 0 Å². The molecule has 1 unspecified atom stereocenters. The van der Waals surface area contributed by atoms with E-state index in [4.69, 9.17) is 17.3 Å². The number of nitrogens with two attached hydrogens (primary N) is 1. The quantitative estimate of drug-likeness (QED) is 0.487. The smallest absolute Gasteiger partial charge is 0.279 e. The molecule has 174 valence electrons. The van der Waals surface area contributed by atoms with Gasteiger partial charge < -0.3 is 11.1 Å². The molecule has 1 aliphatic rings. The van der Waals surface area contributed by atoms with Crippen molar-refractivity contribution in [2.45, 2.75) is 25.6 Å². The number of halogens is 1. The highest BCUT2D eigenvalue weighted by molar-refractivity contribution is 7.91. The molecule has 1 atom stereocenters. The Kier molecular flexibility index (Phi) is 7.09. The van der Waals surface area contributed by atoms with Crippen molar-refractivity contribution >= 4 is 45.3 Å². The Bertz CT molecular complexity index is 1330. The van der Waals surface area contributed by atoms with Crippen LogP contribution in [-0.2, 0) is 20.6 Å². The first-order valence-corrected chi connectivity index (χ1v) is 12.0. The van der Waals surface area contributed by atoms with Crippen molar-refractivity contribution in [1.29, 1.82) is 0 Å². The van der Waals surface area contributed by atoms with Gasteiger partial charge in [-0.25, -0.2) is 8.42 Å². The van der Waals surface area contributed by atoms with E-state index in [2.05, 4.69) is 21.6 Å². The second kappa shape index (κ2) is 9.63. The summed E-state index contributed by atoms with van der Waals surface area (Å²) in [7, 11) is -3.90. The molecule has 0 aliphatic carbocycles. The van der Waals surface area contributed by atoms with Crippen molar-refractivity contribution in [3.05, 3.63) is 80.8 Å². The van der Waals surface area contributed by atoms with Crippen molar-refractivity contribution < 1.29 is 13.2 Å². The second-order valence-corrected chi connectivity index (χ2v) is 9.72. The molecular weight excluding hydrogens is 466 g/mol. The predicted molar refractivity (Wildman–Crippen MR) is 131 cm³/mol. The zero-order valence-electron chi connectivity index (χ0n) is 18.1. The first kappa shape index (κ1) is 24.3. The van der Waals surface area contributed by atoms with Gasteiger partial charge in [-0.3, -0.25) is 23.9 Å². The van der Waals surface area contributed by atoms with Gasteiger partial charge in [-0.1, -0.05) is 30.3 Å². The molecule has 3 rings (SSSR count). The number of dihydropyridines is 1. The molecule has 4 N–H and O–H groups in total. The lowest BCUT2D eigenvalue weighted by Gasteiger charge is -2.27. The highest BCUT2D eigenvalue weighted by atomic mass is 35.5. The molecular formula is C22H24ClN5O4S. The number of aliphatic imine (C=N–C) groups is 1. The first-order chi connectivity index (χ1) is 15.5. The van der Waals surface area contributed by atoms with Crippen LogP contribution in [0.2, 0.25) is 5.02 Å². The number of carbonyl (C=O) groups is 1. The number of nitrogens with one attached hydrogen (secondary N) is 2. The summed E-state index contributed by atoms with van der Waals surface area (Å²) in [5.41, 5.74) is 7.80. The summed E-state index contributed by atoms with van der Waals surface area (Å²) in [4.78, 5) is 28.6. The van der Waals surface area contributed by atoms with Crippen LogP contribution in [0.25, 0.3) is 5.70 Å². The highest BCUT2D eigenvalue weighted by Gasteiger charge is 2.27. The van der Waals surface area contributed by atoms with E-state index in [0.717, 1.165) is 0 Å². The Morgan fingerprint density at radius 1 is 1.24 bits per heavy atom. The zero-order valence-corrected chi connectivity index (χ0v) is 19.7. The van der Waals surface area contributed by atoms with Crippen molar-refractivity contribution in [3.63, 3.8) is 0 Å². The molecule has 1 aliphatic heterocycles. The minimum absolute atomic E-state index is 0.0800. The van der Waals surface area contributed by atoms with Gasteiger partial charge in [0.15, 0.2) is 0 Å². The number of sulfonamides is 1. The number of aryl methyl sites for hydroxylation is 1. The van der Waals surface area contributed by atoms with E-state index in [1.165, 1.54) is 10.6 Å². The highest BCUT2D eigenvalue weighted by Crippen LogP contribution is 2.27. The van der Waals surface area contributed by atoms with Gasteiger partial charge in [-0.2, -0.15) is 0 Å². The Morgan fingerprint density at radius 3 is 2.55 bits per heavy atom. The molecule has 2 heterocycles. The van der Waals surface area contributed by atoms with Crippen LogP contribution in [-0.4, -0.2) is 37.8 Å². The maximum atomic E-state index is 13.4. The molecule has 33 heavy (non-hydrogen) atoms. The van der Waals surface area contributed by atoms with Gasteiger partial charge in [-0.05, 0) is 49.2 Å². The molecule has 0 saturated carbocycles. The molecule has 11 heteroatoms.